The summed E-state index contributed by atoms with van der Waals surface area (Å²) in [4.78, 5) is 0. The van der Waals surface area contributed by atoms with Gasteiger partial charge in [0, 0.05) is 38.7 Å². The van der Waals surface area contributed by atoms with E-state index < -0.39 is 12.7 Å². The van der Waals surface area contributed by atoms with Gasteiger partial charge in [0.25, 0.3) is 0 Å². The monoisotopic (exact) mass is 559 g/mol. The van der Waals surface area contributed by atoms with Crippen molar-refractivity contribution in [3.05, 3.63) is 150 Å². The summed E-state index contributed by atoms with van der Waals surface area (Å²) in [5, 5.41) is 39.4. The lowest BCUT2D eigenvalue weighted by atomic mass is 9.72. The van der Waals surface area contributed by atoms with E-state index in [9.17, 15) is 15.2 Å². The number of para-hydroxylation sites is 4. The fraction of sp³-hybridized carbons (Fsp3) is 0.0270. The lowest BCUT2D eigenvalue weighted by molar-refractivity contribution is 0.126. The molecule has 0 saturated carbocycles. The first-order valence-electron chi connectivity index (χ1n) is 14.2. The Morgan fingerprint density at radius 2 is 1.28 bits per heavy atom. The smallest absolute Gasteiger partial charge is 0.456 e. The summed E-state index contributed by atoms with van der Waals surface area (Å²) in [6, 6.07) is 42.8. The molecule has 0 spiro atoms. The minimum absolute atomic E-state index is 0.372. The van der Waals surface area contributed by atoms with Crippen LogP contribution in [0.1, 0.15) is 16.7 Å². The van der Waals surface area contributed by atoms with Gasteiger partial charge in [0.15, 0.2) is 0 Å². The predicted molar refractivity (Wildman–Crippen MR) is 173 cm³/mol. The fourth-order valence-corrected chi connectivity index (χ4v) is 6.55. The summed E-state index contributed by atoms with van der Waals surface area (Å²) in [5.74, 6) is 0. The lowest BCUT2D eigenvalue weighted by Crippen LogP contribution is -2.35. The molecular formula is C37H26BNO4. The standard InChI is InChI=1S/C37H26BNO4/c40-37(31-17-9-14-27-25-12-4-7-19-34(25)43-36(27)31)29-15-5-6-18-33(29)39-35-26(13-8-16-30(35)37)28-22-24(20-21-32(28)38(41)42)23-10-2-1-3-11-23/h1-22,39-42H. The number of furan rings is 1. The molecule has 0 aliphatic carbocycles. The lowest BCUT2D eigenvalue weighted by Gasteiger charge is -2.38. The summed E-state index contributed by atoms with van der Waals surface area (Å²) in [6.45, 7) is 0. The molecular weight excluding hydrogens is 533 g/mol. The molecule has 1 aliphatic rings. The number of rotatable bonds is 4. The summed E-state index contributed by atoms with van der Waals surface area (Å²) in [5.41, 5.74) is 6.94. The second kappa shape index (κ2) is 9.71. The molecule has 0 fully saturated rings. The molecule has 0 saturated heterocycles. The van der Waals surface area contributed by atoms with Gasteiger partial charge in [-0.1, -0.05) is 115 Å². The first kappa shape index (κ1) is 25.6. The number of fused-ring (bicyclic) bond motifs is 5. The quantitative estimate of drug-likeness (QED) is 0.176. The van der Waals surface area contributed by atoms with Crippen LogP contribution in [0.5, 0.6) is 0 Å². The highest BCUT2D eigenvalue weighted by Gasteiger charge is 2.43. The van der Waals surface area contributed by atoms with Crippen molar-refractivity contribution < 1.29 is 19.6 Å². The largest absolute Gasteiger partial charge is 0.489 e. The number of hydrogen-bond donors (Lipinski definition) is 4. The molecule has 1 unspecified atom stereocenters. The van der Waals surface area contributed by atoms with Crippen molar-refractivity contribution in [3.63, 3.8) is 0 Å². The number of nitrogens with one attached hydrogen (secondary N) is 1. The van der Waals surface area contributed by atoms with Gasteiger partial charge < -0.3 is 24.9 Å². The van der Waals surface area contributed by atoms with Crippen molar-refractivity contribution in [1.82, 2.24) is 0 Å². The van der Waals surface area contributed by atoms with Gasteiger partial charge in [-0.05, 0) is 40.4 Å². The van der Waals surface area contributed by atoms with Gasteiger partial charge in [-0.15, -0.1) is 0 Å². The van der Waals surface area contributed by atoms with E-state index in [1.54, 1.807) is 6.07 Å². The molecule has 0 bridgehead atoms. The Hall–Kier alpha value is -5.14. The molecule has 2 heterocycles. The molecule has 4 N–H and O–H groups in total. The van der Waals surface area contributed by atoms with E-state index in [0.29, 0.717) is 39.0 Å². The van der Waals surface area contributed by atoms with E-state index >= 15 is 0 Å². The van der Waals surface area contributed by atoms with Gasteiger partial charge in [-0.3, -0.25) is 0 Å². The van der Waals surface area contributed by atoms with Crippen molar-refractivity contribution in [2.24, 2.45) is 0 Å². The zero-order valence-electron chi connectivity index (χ0n) is 23.0. The Labute approximate surface area is 248 Å². The third-order valence-corrected chi connectivity index (χ3v) is 8.55. The summed E-state index contributed by atoms with van der Waals surface area (Å²) in [6.07, 6.45) is 0. The van der Waals surface area contributed by atoms with Crippen LogP contribution in [0.2, 0.25) is 0 Å². The topological polar surface area (TPSA) is 85.9 Å². The average molecular weight is 559 g/mol. The molecule has 6 aromatic carbocycles. The second-order valence-electron chi connectivity index (χ2n) is 10.9. The average Bonchev–Trinajstić information content (AvgIpc) is 3.44. The molecule has 1 aliphatic heterocycles. The van der Waals surface area contributed by atoms with Crippen molar-refractivity contribution >= 4 is 45.9 Å². The Morgan fingerprint density at radius 3 is 2.14 bits per heavy atom. The van der Waals surface area contributed by atoms with Gasteiger partial charge in [-0.2, -0.15) is 0 Å². The van der Waals surface area contributed by atoms with Crippen LogP contribution in [0.25, 0.3) is 44.2 Å². The molecule has 0 amide bonds. The Morgan fingerprint density at radius 1 is 0.581 bits per heavy atom. The number of hydrogen-bond acceptors (Lipinski definition) is 5. The third-order valence-electron chi connectivity index (χ3n) is 8.55. The van der Waals surface area contributed by atoms with Crippen LogP contribution >= 0.6 is 0 Å². The number of aliphatic hydroxyl groups is 1. The molecule has 206 valence electrons. The van der Waals surface area contributed by atoms with Crippen LogP contribution in [0.15, 0.2) is 138 Å². The maximum atomic E-state index is 13.1. The van der Waals surface area contributed by atoms with Gasteiger partial charge in [0.05, 0.1) is 5.69 Å². The molecule has 6 heteroatoms. The molecule has 43 heavy (non-hydrogen) atoms. The highest BCUT2D eigenvalue weighted by Crippen LogP contribution is 2.52. The second-order valence-corrected chi connectivity index (χ2v) is 10.9. The molecule has 1 atom stereocenters. The minimum Gasteiger partial charge on any atom is -0.456 e. The number of benzene rings is 6. The molecule has 5 nitrogen and oxygen atoms in total. The van der Waals surface area contributed by atoms with Crippen LogP contribution in [-0.2, 0) is 5.60 Å². The third kappa shape index (κ3) is 3.85. The maximum absolute atomic E-state index is 13.1. The Kier molecular flexibility index (Phi) is 5.78. The summed E-state index contributed by atoms with van der Waals surface area (Å²) < 4.78 is 6.42. The zero-order chi connectivity index (χ0) is 29.1. The summed E-state index contributed by atoms with van der Waals surface area (Å²) in [7, 11) is -1.69. The molecule has 8 rings (SSSR count). The number of anilines is 2. The normalized spacial score (nSPS) is 15.6. The SMILES string of the molecule is OB(O)c1ccc(-c2ccccc2)cc1-c1cccc2c1Nc1ccccc1C2(O)c1cccc2c1oc1ccccc12. The minimum atomic E-state index is -1.69. The van der Waals surface area contributed by atoms with Gasteiger partial charge in [0.1, 0.15) is 16.8 Å². The van der Waals surface area contributed by atoms with Gasteiger partial charge >= 0.3 is 7.12 Å². The maximum Gasteiger partial charge on any atom is 0.489 e. The first-order chi connectivity index (χ1) is 21.0. The first-order valence-corrected chi connectivity index (χ1v) is 14.2. The van der Waals surface area contributed by atoms with Gasteiger partial charge in [-0.25, -0.2) is 0 Å². The highest BCUT2D eigenvalue weighted by atomic mass is 16.4. The molecule has 1 aromatic heterocycles. The Balaban J connectivity index is 1.42. The fourth-order valence-electron chi connectivity index (χ4n) is 6.55. The zero-order valence-corrected chi connectivity index (χ0v) is 23.0. The van der Waals surface area contributed by atoms with E-state index in [-0.39, 0.29) is 0 Å². The molecule has 7 aromatic rings. The predicted octanol–water partition coefficient (Wildman–Crippen LogP) is 6.94. The van der Waals surface area contributed by atoms with E-state index in [4.69, 9.17) is 4.42 Å². The molecule has 0 radical (unpaired) electrons. The van der Waals surface area contributed by atoms with Gasteiger partial charge in [0.2, 0.25) is 0 Å². The van der Waals surface area contributed by atoms with Crippen LogP contribution in [0, 0.1) is 0 Å². The van der Waals surface area contributed by atoms with Crippen molar-refractivity contribution in [2.75, 3.05) is 5.32 Å². The van der Waals surface area contributed by atoms with E-state index in [1.807, 2.05) is 127 Å². The van der Waals surface area contributed by atoms with Crippen LogP contribution in [0.3, 0.4) is 0 Å². The van der Waals surface area contributed by atoms with E-state index in [0.717, 1.165) is 38.7 Å². The van der Waals surface area contributed by atoms with E-state index in [1.165, 1.54) is 0 Å². The Bertz CT molecular complexity index is 2170. The van der Waals surface area contributed by atoms with Crippen LogP contribution in [0.4, 0.5) is 11.4 Å². The van der Waals surface area contributed by atoms with Crippen LogP contribution in [-0.4, -0.2) is 22.3 Å². The van der Waals surface area contributed by atoms with Crippen LogP contribution < -0.4 is 10.8 Å². The highest BCUT2D eigenvalue weighted by molar-refractivity contribution is 6.60. The van der Waals surface area contributed by atoms with Crippen molar-refractivity contribution in [3.8, 4) is 22.3 Å². The van der Waals surface area contributed by atoms with Crippen molar-refractivity contribution in [1.29, 1.82) is 0 Å². The van der Waals surface area contributed by atoms with E-state index in [2.05, 4.69) is 5.32 Å². The van der Waals surface area contributed by atoms with Crippen molar-refractivity contribution in [2.45, 2.75) is 5.60 Å². The summed E-state index contributed by atoms with van der Waals surface area (Å²) >= 11 is 0.